The van der Waals surface area contributed by atoms with Crippen LogP contribution in [0.1, 0.15) is 36.1 Å². The molecule has 37 heavy (non-hydrogen) atoms. The number of ether oxygens (including phenoxy) is 1. The third-order valence-corrected chi connectivity index (χ3v) is 7.03. The molecule has 5 aromatic rings. The second-order valence-corrected chi connectivity index (χ2v) is 9.64. The number of hydrogen-bond donors (Lipinski definition) is 1. The standard InChI is InChI=1S/C28H20ClN3O4S/c1-17-22-15-25(37-27(22)32(31-17)20-7-3-2-4-8-20)26(34)30-23-10-6-5-9-21(23)28(35)36-16-24(33)18-11-13-19(29)14-12-18/h2-15H,16H2,1H3,(H,30,34). The summed E-state index contributed by atoms with van der Waals surface area (Å²) in [5.41, 5.74) is 2.52. The molecule has 0 aliphatic carbocycles. The van der Waals surface area contributed by atoms with Gasteiger partial charge in [-0.25, -0.2) is 9.48 Å². The number of Topliss-reactive ketones (excluding diaryl/α,β-unsaturated/α-hetero) is 1. The van der Waals surface area contributed by atoms with Crippen molar-refractivity contribution in [2.45, 2.75) is 6.92 Å². The van der Waals surface area contributed by atoms with Crippen molar-refractivity contribution in [3.63, 3.8) is 0 Å². The Balaban J connectivity index is 1.33. The molecular formula is C28H20ClN3O4S. The molecule has 0 fully saturated rings. The van der Waals surface area contributed by atoms with Gasteiger partial charge in [0.2, 0.25) is 0 Å². The van der Waals surface area contributed by atoms with Gasteiger partial charge in [-0.15, -0.1) is 11.3 Å². The van der Waals surface area contributed by atoms with E-state index in [9.17, 15) is 14.4 Å². The molecule has 2 heterocycles. The number of rotatable bonds is 7. The quantitative estimate of drug-likeness (QED) is 0.196. The van der Waals surface area contributed by atoms with Crippen LogP contribution in [0.5, 0.6) is 0 Å². The number of nitrogens with one attached hydrogen (secondary N) is 1. The number of anilines is 1. The Kier molecular flexibility index (Phi) is 6.85. The van der Waals surface area contributed by atoms with Gasteiger partial charge in [0.15, 0.2) is 12.4 Å². The summed E-state index contributed by atoms with van der Waals surface area (Å²) in [6, 6.07) is 24.3. The maximum absolute atomic E-state index is 13.1. The largest absolute Gasteiger partial charge is 0.454 e. The van der Waals surface area contributed by atoms with Gasteiger partial charge in [-0.3, -0.25) is 9.59 Å². The van der Waals surface area contributed by atoms with E-state index in [1.54, 1.807) is 48.5 Å². The first kappa shape index (κ1) is 24.4. The van der Waals surface area contributed by atoms with Crippen LogP contribution in [0.3, 0.4) is 0 Å². The van der Waals surface area contributed by atoms with E-state index >= 15 is 0 Å². The zero-order valence-electron chi connectivity index (χ0n) is 19.6. The molecule has 0 aliphatic rings. The lowest BCUT2D eigenvalue weighted by Gasteiger charge is -2.10. The number of aromatic nitrogens is 2. The Labute approximate surface area is 221 Å². The third-order valence-electron chi connectivity index (χ3n) is 5.66. The smallest absolute Gasteiger partial charge is 0.340 e. The predicted molar refractivity (Wildman–Crippen MR) is 144 cm³/mol. The summed E-state index contributed by atoms with van der Waals surface area (Å²) in [5.74, 6) is -1.44. The second-order valence-electron chi connectivity index (χ2n) is 8.17. The lowest BCUT2D eigenvalue weighted by molar-refractivity contribution is 0.0475. The van der Waals surface area contributed by atoms with Crippen molar-refractivity contribution < 1.29 is 19.1 Å². The molecule has 3 aromatic carbocycles. The number of amides is 1. The Morgan fingerprint density at radius 2 is 1.68 bits per heavy atom. The van der Waals surface area contributed by atoms with Gasteiger partial charge in [0.05, 0.1) is 27.5 Å². The van der Waals surface area contributed by atoms with Crippen LogP contribution in [-0.2, 0) is 4.74 Å². The predicted octanol–water partition coefficient (Wildman–Crippen LogP) is 6.34. The normalized spacial score (nSPS) is 10.9. The minimum Gasteiger partial charge on any atom is -0.454 e. The average molecular weight is 530 g/mol. The number of halogens is 1. The van der Waals surface area contributed by atoms with E-state index in [0.717, 1.165) is 21.6 Å². The molecule has 184 valence electrons. The van der Waals surface area contributed by atoms with Crippen LogP contribution in [0.2, 0.25) is 5.02 Å². The summed E-state index contributed by atoms with van der Waals surface area (Å²) < 4.78 is 7.05. The molecule has 7 nitrogen and oxygen atoms in total. The third kappa shape index (κ3) is 5.16. The lowest BCUT2D eigenvalue weighted by Crippen LogP contribution is -2.17. The summed E-state index contributed by atoms with van der Waals surface area (Å²) in [4.78, 5) is 39.6. The fraction of sp³-hybridized carbons (Fsp3) is 0.0714. The highest BCUT2D eigenvalue weighted by Gasteiger charge is 2.20. The number of nitrogens with zero attached hydrogens (tertiary/aromatic N) is 2. The number of ketones is 1. The van der Waals surface area contributed by atoms with Crippen molar-refractivity contribution in [1.82, 2.24) is 9.78 Å². The fourth-order valence-corrected chi connectivity index (χ4v) is 4.99. The number of fused-ring (bicyclic) bond motifs is 1. The van der Waals surface area contributed by atoms with Crippen molar-refractivity contribution in [2.24, 2.45) is 0 Å². The molecule has 0 atom stereocenters. The number of hydrogen-bond acceptors (Lipinski definition) is 6. The summed E-state index contributed by atoms with van der Waals surface area (Å²) in [6.07, 6.45) is 0. The van der Waals surface area contributed by atoms with E-state index in [1.165, 1.54) is 17.4 Å². The van der Waals surface area contributed by atoms with E-state index < -0.39 is 12.6 Å². The minimum absolute atomic E-state index is 0.146. The summed E-state index contributed by atoms with van der Waals surface area (Å²) in [7, 11) is 0. The molecule has 1 amide bonds. The van der Waals surface area contributed by atoms with Gasteiger partial charge in [0, 0.05) is 16.0 Å². The van der Waals surface area contributed by atoms with E-state index in [0.29, 0.717) is 15.5 Å². The first-order chi connectivity index (χ1) is 17.9. The van der Waals surface area contributed by atoms with Crippen molar-refractivity contribution in [3.8, 4) is 5.69 Å². The number of carbonyl (C=O) groups excluding carboxylic acids is 3. The van der Waals surface area contributed by atoms with E-state index in [-0.39, 0.29) is 22.9 Å². The van der Waals surface area contributed by atoms with E-state index in [1.807, 2.05) is 41.9 Å². The number of thiophene rings is 1. The van der Waals surface area contributed by atoms with Gasteiger partial charge in [-0.2, -0.15) is 5.10 Å². The Morgan fingerprint density at radius 3 is 2.43 bits per heavy atom. The first-order valence-corrected chi connectivity index (χ1v) is 12.5. The van der Waals surface area contributed by atoms with Crippen molar-refractivity contribution in [2.75, 3.05) is 11.9 Å². The van der Waals surface area contributed by atoms with Gasteiger partial charge in [0.1, 0.15) is 4.83 Å². The summed E-state index contributed by atoms with van der Waals surface area (Å²) in [6.45, 7) is 1.46. The fourth-order valence-electron chi connectivity index (χ4n) is 3.79. The number of benzene rings is 3. The van der Waals surface area contributed by atoms with Gasteiger partial charge in [-0.1, -0.05) is 41.9 Å². The maximum atomic E-state index is 13.1. The van der Waals surface area contributed by atoms with E-state index in [4.69, 9.17) is 16.3 Å². The monoisotopic (exact) mass is 529 g/mol. The first-order valence-electron chi connectivity index (χ1n) is 11.3. The van der Waals surface area contributed by atoms with Crippen LogP contribution in [0, 0.1) is 6.92 Å². The molecule has 5 rings (SSSR count). The number of aryl methyl sites for hydroxylation is 1. The molecule has 0 aliphatic heterocycles. The van der Waals surface area contributed by atoms with Crippen LogP contribution >= 0.6 is 22.9 Å². The van der Waals surface area contributed by atoms with E-state index in [2.05, 4.69) is 10.4 Å². The highest BCUT2D eigenvalue weighted by Crippen LogP contribution is 2.31. The van der Waals surface area contributed by atoms with Crippen LogP contribution in [-0.4, -0.2) is 34.0 Å². The number of carbonyl (C=O) groups is 3. The second kappa shape index (κ2) is 10.4. The van der Waals surface area contributed by atoms with Crippen molar-refractivity contribution in [1.29, 1.82) is 0 Å². The zero-order valence-corrected chi connectivity index (χ0v) is 21.2. The Hall–Kier alpha value is -4.27. The highest BCUT2D eigenvalue weighted by atomic mass is 35.5. The van der Waals surface area contributed by atoms with Crippen molar-refractivity contribution in [3.05, 3.63) is 112 Å². The zero-order chi connectivity index (χ0) is 25.9. The minimum atomic E-state index is -0.717. The summed E-state index contributed by atoms with van der Waals surface area (Å²) in [5, 5.41) is 8.79. The lowest BCUT2D eigenvalue weighted by atomic mass is 10.1. The Bertz CT molecular complexity index is 1620. The maximum Gasteiger partial charge on any atom is 0.340 e. The molecule has 0 radical (unpaired) electrons. The molecule has 9 heteroatoms. The molecule has 2 aromatic heterocycles. The van der Waals surface area contributed by atoms with Crippen LogP contribution in [0.4, 0.5) is 5.69 Å². The molecule has 1 N–H and O–H groups in total. The average Bonchev–Trinajstić information content (AvgIpc) is 3.49. The Morgan fingerprint density at radius 1 is 0.973 bits per heavy atom. The highest BCUT2D eigenvalue weighted by molar-refractivity contribution is 7.20. The molecule has 0 unspecified atom stereocenters. The molecule has 0 saturated carbocycles. The topological polar surface area (TPSA) is 90.3 Å². The summed E-state index contributed by atoms with van der Waals surface area (Å²) >= 11 is 7.16. The molecule has 0 bridgehead atoms. The number of esters is 1. The van der Waals surface area contributed by atoms with Gasteiger partial charge < -0.3 is 10.1 Å². The SMILES string of the molecule is Cc1nn(-c2ccccc2)c2sc(C(=O)Nc3ccccc3C(=O)OCC(=O)c3ccc(Cl)cc3)cc12. The van der Waals surface area contributed by atoms with Gasteiger partial charge in [0.25, 0.3) is 5.91 Å². The van der Waals surface area contributed by atoms with Gasteiger partial charge in [-0.05, 0) is 61.5 Å². The van der Waals surface area contributed by atoms with Crippen LogP contribution < -0.4 is 5.32 Å². The van der Waals surface area contributed by atoms with Crippen LogP contribution in [0.15, 0.2) is 84.9 Å². The molecular weight excluding hydrogens is 510 g/mol. The number of para-hydroxylation sites is 2. The molecule has 0 saturated heterocycles. The van der Waals surface area contributed by atoms with Crippen molar-refractivity contribution >= 4 is 56.5 Å². The van der Waals surface area contributed by atoms with Gasteiger partial charge >= 0.3 is 5.97 Å². The molecule has 0 spiro atoms. The van der Waals surface area contributed by atoms with Crippen LogP contribution in [0.25, 0.3) is 15.9 Å².